The van der Waals surface area contributed by atoms with Gasteiger partial charge in [-0.15, -0.1) is 11.8 Å². The fourth-order valence-corrected chi connectivity index (χ4v) is 4.03. The molecule has 0 saturated carbocycles. The maximum atomic E-state index is 13.6. The predicted octanol–water partition coefficient (Wildman–Crippen LogP) is 3.32. The van der Waals surface area contributed by atoms with E-state index in [0.717, 1.165) is 22.6 Å². The number of carbonyl (C=O) groups is 1. The zero-order chi connectivity index (χ0) is 16.5. The third-order valence-electron chi connectivity index (χ3n) is 4.13. The molecule has 0 radical (unpaired) electrons. The Bertz CT molecular complexity index is 783. The molecule has 0 fully saturated rings. The number of para-hydroxylation sites is 2. The summed E-state index contributed by atoms with van der Waals surface area (Å²) in [6.45, 7) is 0.167. The van der Waals surface area contributed by atoms with E-state index in [1.807, 2.05) is 12.1 Å². The van der Waals surface area contributed by atoms with Gasteiger partial charge in [0, 0.05) is 10.6 Å². The Labute approximate surface area is 143 Å². The van der Waals surface area contributed by atoms with E-state index in [-0.39, 0.29) is 24.4 Å². The van der Waals surface area contributed by atoms with Crippen molar-refractivity contribution in [1.29, 1.82) is 0 Å². The lowest BCUT2D eigenvalue weighted by molar-refractivity contribution is -0.131. The normalized spacial score (nSPS) is 21.7. The summed E-state index contributed by atoms with van der Waals surface area (Å²) in [6, 6.07) is 11.8. The number of halogens is 1. The van der Waals surface area contributed by atoms with Gasteiger partial charge in [0.15, 0.2) is 11.5 Å². The number of ether oxygens (including phenoxy) is 2. The molecular formula is C18H16FNO3S. The Balaban J connectivity index is 1.49. The molecule has 0 saturated heterocycles. The van der Waals surface area contributed by atoms with Gasteiger partial charge in [0.2, 0.25) is 6.10 Å². The first-order chi connectivity index (χ1) is 11.7. The number of hydrogen-bond donors (Lipinski definition) is 1. The van der Waals surface area contributed by atoms with Gasteiger partial charge >= 0.3 is 0 Å². The minimum Gasteiger partial charge on any atom is -0.485 e. The fourth-order valence-electron chi connectivity index (χ4n) is 2.93. The smallest absolute Gasteiger partial charge is 0.265 e. The summed E-state index contributed by atoms with van der Waals surface area (Å²) in [5, 5.41) is 2.98. The topological polar surface area (TPSA) is 47.6 Å². The second-order valence-electron chi connectivity index (χ2n) is 5.74. The highest BCUT2D eigenvalue weighted by molar-refractivity contribution is 7.99. The summed E-state index contributed by atoms with van der Waals surface area (Å²) >= 11 is 1.68. The molecule has 1 N–H and O–H groups in total. The molecule has 0 aliphatic carbocycles. The monoisotopic (exact) mass is 345 g/mol. The first kappa shape index (κ1) is 15.3. The number of fused-ring (bicyclic) bond motifs is 2. The summed E-state index contributed by atoms with van der Waals surface area (Å²) in [5.41, 5.74) is 0.830. The summed E-state index contributed by atoms with van der Waals surface area (Å²) < 4.78 is 24.9. The van der Waals surface area contributed by atoms with Crippen molar-refractivity contribution in [2.45, 2.75) is 23.5 Å². The highest BCUT2D eigenvalue weighted by Crippen LogP contribution is 2.37. The molecule has 4 nitrogen and oxygen atoms in total. The van der Waals surface area contributed by atoms with Crippen molar-refractivity contribution in [1.82, 2.24) is 5.32 Å². The SMILES string of the molecule is O=C(NC1CCSc2ccc(F)cc21)C1COc2ccccc2O1. The van der Waals surface area contributed by atoms with Crippen LogP contribution in [0.25, 0.3) is 0 Å². The molecule has 24 heavy (non-hydrogen) atoms. The van der Waals surface area contributed by atoms with Gasteiger partial charge in [-0.3, -0.25) is 4.79 Å². The molecule has 124 valence electrons. The summed E-state index contributed by atoms with van der Waals surface area (Å²) in [6.07, 6.45) is 0.0586. The average molecular weight is 345 g/mol. The van der Waals surface area contributed by atoms with Crippen LogP contribution in [0.2, 0.25) is 0 Å². The molecule has 0 spiro atoms. The Morgan fingerprint density at radius 2 is 2.04 bits per heavy atom. The Morgan fingerprint density at radius 1 is 1.21 bits per heavy atom. The molecule has 2 heterocycles. The zero-order valence-corrected chi connectivity index (χ0v) is 13.6. The zero-order valence-electron chi connectivity index (χ0n) is 12.8. The van der Waals surface area contributed by atoms with Gasteiger partial charge in [0.25, 0.3) is 5.91 Å². The lowest BCUT2D eigenvalue weighted by Gasteiger charge is -2.30. The van der Waals surface area contributed by atoms with Gasteiger partial charge in [0.1, 0.15) is 12.4 Å². The molecule has 6 heteroatoms. The van der Waals surface area contributed by atoms with Crippen molar-refractivity contribution in [2.24, 2.45) is 0 Å². The summed E-state index contributed by atoms with van der Waals surface area (Å²) in [7, 11) is 0. The van der Waals surface area contributed by atoms with Crippen LogP contribution >= 0.6 is 11.8 Å². The number of thioether (sulfide) groups is 1. The maximum Gasteiger partial charge on any atom is 0.265 e. The molecule has 2 aliphatic rings. The van der Waals surface area contributed by atoms with Gasteiger partial charge in [-0.2, -0.15) is 0 Å². The van der Waals surface area contributed by atoms with Crippen LogP contribution < -0.4 is 14.8 Å². The van der Waals surface area contributed by atoms with E-state index in [4.69, 9.17) is 9.47 Å². The number of hydrogen-bond acceptors (Lipinski definition) is 4. The molecule has 1 amide bonds. The molecule has 0 aromatic heterocycles. The molecule has 2 aliphatic heterocycles. The third kappa shape index (κ3) is 2.94. The first-order valence-corrected chi connectivity index (χ1v) is 8.80. The lowest BCUT2D eigenvalue weighted by atomic mass is 10.0. The van der Waals surface area contributed by atoms with E-state index in [0.29, 0.717) is 11.5 Å². The van der Waals surface area contributed by atoms with Crippen LogP contribution in [0.15, 0.2) is 47.4 Å². The van der Waals surface area contributed by atoms with E-state index < -0.39 is 6.10 Å². The third-order valence-corrected chi connectivity index (χ3v) is 5.25. The van der Waals surface area contributed by atoms with Gasteiger partial charge < -0.3 is 14.8 Å². The maximum absolute atomic E-state index is 13.6. The second-order valence-corrected chi connectivity index (χ2v) is 6.88. The first-order valence-electron chi connectivity index (χ1n) is 7.82. The van der Waals surface area contributed by atoms with Gasteiger partial charge in [-0.05, 0) is 42.3 Å². The van der Waals surface area contributed by atoms with Gasteiger partial charge in [-0.25, -0.2) is 4.39 Å². The molecule has 2 aromatic rings. The van der Waals surface area contributed by atoms with Crippen LogP contribution in [0, 0.1) is 5.82 Å². The average Bonchev–Trinajstić information content (AvgIpc) is 2.62. The largest absolute Gasteiger partial charge is 0.485 e. The predicted molar refractivity (Wildman–Crippen MR) is 89.0 cm³/mol. The van der Waals surface area contributed by atoms with Crippen LogP contribution in [-0.2, 0) is 4.79 Å². The van der Waals surface area contributed by atoms with Gasteiger partial charge in [0.05, 0.1) is 6.04 Å². The molecule has 2 aromatic carbocycles. The van der Waals surface area contributed by atoms with Gasteiger partial charge in [-0.1, -0.05) is 12.1 Å². The van der Waals surface area contributed by atoms with Crippen molar-refractivity contribution in [3.05, 3.63) is 53.8 Å². The lowest BCUT2D eigenvalue weighted by Crippen LogP contribution is -2.45. The van der Waals surface area contributed by atoms with Crippen molar-refractivity contribution >= 4 is 17.7 Å². The number of benzene rings is 2. The van der Waals surface area contributed by atoms with Crippen molar-refractivity contribution in [3.8, 4) is 11.5 Å². The van der Waals surface area contributed by atoms with E-state index in [1.165, 1.54) is 12.1 Å². The molecular weight excluding hydrogens is 329 g/mol. The number of carbonyl (C=O) groups excluding carboxylic acids is 1. The van der Waals surface area contributed by atoms with Crippen LogP contribution in [0.5, 0.6) is 11.5 Å². The van der Waals surface area contributed by atoms with Crippen molar-refractivity contribution < 1.29 is 18.7 Å². The van der Waals surface area contributed by atoms with Crippen LogP contribution in [0.1, 0.15) is 18.0 Å². The highest BCUT2D eigenvalue weighted by atomic mass is 32.2. The van der Waals surface area contributed by atoms with Crippen LogP contribution in [0.3, 0.4) is 0 Å². The molecule has 0 bridgehead atoms. The molecule has 4 rings (SSSR count). The van der Waals surface area contributed by atoms with E-state index >= 15 is 0 Å². The van der Waals surface area contributed by atoms with E-state index in [1.54, 1.807) is 30.0 Å². The minimum absolute atomic E-state index is 0.167. The van der Waals surface area contributed by atoms with Crippen molar-refractivity contribution in [3.63, 3.8) is 0 Å². The number of rotatable bonds is 2. The minimum atomic E-state index is -0.702. The quantitative estimate of drug-likeness (QED) is 0.907. The Morgan fingerprint density at radius 3 is 2.92 bits per heavy atom. The van der Waals surface area contributed by atoms with Crippen molar-refractivity contribution in [2.75, 3.05) is 12.4 Å². The number of amides is 1. The van der Waals surface area contributed by atoms with E-state index in [9.17, 15) is 9.18 Å². The summed E-state index contributed by atoms with van der Waals surface area (Å²) in [4.78, 5) is 13.6. The molecule has 2 atom stereocenters. The molecule has 2 unspecified atom stereocenters. The fraction of sp³-hybridized carbons (Fsp3) is 0.278. The highest BCUT2D eigenvalue weighted by Gasteiger charge is 2.30. The van der Waals surface area contributed by atoms with E-state index in [2.05, 4.69) is 5.32 Å². The van der Waals surface area contributed by atoms with Crippen LogP contribution in [-0.4, -0.2) is 24.4 Å². The standard InChI is InChI=1S/C18H16FNO3S/c19-11-5-6-17-12(9-11)13(7-8-24-17)20-18(21)16-10-22-14-3-1-2-4-15(14)23-16/h1-6,9,13,16H,7-8,10H2,(H,20,21). The Hall–Kier alpha value is -2.21. The van der Waals surface area contributed by atoms with Crippen LogP contribution in [0.4, 0.5) is 4.39 Å². The number of nitrogens with one attached hydrogen (secondary N) is 1. The summed E-state index contributed by atoms with van der Waals surface area (Å²) in [5.74, 6) is 1.56. The second kappa shape index (κ2) is 6.36. The Kier molecular flexibility index (Phi) is 4.06.